The molecule has 0 saturated heterocycles. The average molecular weight is 258 g/mol. The summed E-state index contributed by atoms with van der Waals surface area (Å²) in [5.74, 6) is 0.436. The highest BCUT2D eigenvalue weighted by molar-refractivity contribution is 7.90. The number of methoxy groups -OCH3 is 1. The highest BCUT2D eigenvalue weighted by Gasteiger charge is 2.14. The number of hydrogen-bond donors (Lipinski definition) is 1. The van der Waals surface area contributed by atoms with Crippen LogP contribution in [0.15, 0.2) is 18.2 Å². The van der Waals surface area contributed by atoms with Crippen LogP contribution in [0, 0.1) is 0 Å². The van der Waals surface area contributed by atoms with Gasteiger partial charge in [0.2, 0.25) is 5.88 Å². The molecule has 1 aromatic heterocycles. The van der Waals surface area contributed by atoms with Gasteiger partial charge in [0.15, 0.2) is 9.84 Å². The van der Waals surface area contributed by atoms with Crippen molar-refractivity contribution in [2.45, 2.75) is 25.1 Å². The van der Waals surface area contributed by atoms with Crippen molar-refractivity contribution >= 4 is 9.84 Å². The second-order valence-electron chi connectivity index (χ2n) is 4.03. The Bertz CT molecular complexity index is 458. The minimum Gasteiger partial charge on any atom is -0.481 e. The maximum Gasteiger partial charge on any atom is 0.213 e. The number of sulfone groups is 1. The Morgan fingerprint density at radius 1 is 1.47 bits per heavy atom. The van der Waals surface area contributed by atoms with Crippen LogP contribution in [0.2, 0.25) is 0 Å². The molecule has 1 rings (SSSR count). The number of ether oxygens (including phenoxy) is 1. The predicted octanol–water partition coefficient (Wildman–Crippen LogP) is 0.742. The van der Waals surface area contributed by atoms with Gasteiger partial charge in [-0.05, 0) is 19.4 Å². The first-order chi connectivity index (χ1) is 7.93. The van der Waals surface area contributed by atoms with Crippen molar-refractivity contribution in [2.24, 2.45) is 5.73 Å². The topological polar surface area (TPSA) is 82.3 Å². The van der Waals surface area contributed by atoms with E-state index in [2.05, 4.69) is 4.98 Å². The number of nitrogens with zero attached hydrogens (tertiary/aromatic N) is 1. The monoisotopic (exact) mass is 258 g/mol. The van der Waals surface area contributed by atoms with Crippen molar-refractivity contribution in [3.63, 3.8) is 0 Å². The number of aromatic nitrogens is 1. The summed E-state index contributed by atoms with van der Waals surface area (Å²) in [6.07, 6.45) is 0.465. The molecule has 0 radical (unpaired) electrons. The zero-order valence-electron chi connectivity index (χ0n) is 10.1. The summed E-state index contributed by atoms with van der Waals surface area (Å²) in [5, 5.41) is 0. The Morgan fingerprint density at radius 2 is 2.18 bits per heavy atom. The molecule has 0 aromatic carbocycles. The van der Waals surface area contributed by atoms with E-state index in [-0.39, 0.29) is 17.5 Å². The van der Waals surface area contributed by atoms with E-state index < -0.39 is 9.84 Å². The number of nitrogens with two attached hydrogens (primary N) is 1. The van der Waals surface area contributed by atoms with Gasteiger partial charge in [-0.3, -0.25) is 0 Å². The van der Waals surface area contributed by atoms with Gasteiger partial charge in [0, 0.05) is 12.1 Å². The molecule has 5 nitrogen and oxygen atoms in total. The van der Waals surface area contributed by atoms with Crippen molar-refractivity contribution in [2.75, 3.05) is 12.9 Å². The minimum absolute atomic E-state index is 0.0725. The second-order valence-corrected chi connectivity index (χ2v) is 6.21. The Kier molecular flexibility index (Phi) is 4.89. The van der Waals surface area contributed by atoms with Gasteiger partial charge in [0.1, 0.15) is 0 Å². The molecule has 96 valence electrons. The molecule has 1 unspecified atom stereocenters. The van der Waals surface area contributed by atoms with Gasteiger partial charge in [-0.2, -0.15) is 0 Å². The summed E-state index contributed by atoms with van der Waals surface area (Å²) in [7, 11) is -1.66. The van der Waals surface area contributed by atoms with Gasteiger partial charge in [0.05, 0.1) is 24.3 Å². The first kappa shape index (κ1) is 13.9. The van der Waals surface area contributed by atoms with Crippen LogP contribution in [-0.2, 0) is 15.6 Å². The maximum absolute atomic E-state index is 11.8. The molecule has 0 saturated carbocycles. The van der Waals surface area contributed by atoms with Crippen LogP contribution in [0.4, 0.5) is 0 Å². The lowest BCUT2D eigenvalue weighted by Gasteiger charge is -2.07. The van der Waals surface area contributed by atoms with Crippen LogP contribution >= 0.6 is 0 Å². The highest BCUT2D eigenvalue weighted by Crippen LogP contribution is 2.10. The molecule has 0 aliphatic carbocycles. The van der Waals surface area contributed by atoms with Gasteiger partial charge in [0.25, 0.3) is 0 Å². The predicted molar refractivity (Wildman–Crippen MR) is 66.5 cm³/mol. The standard InChI is InChI=1S/C11H18N2O3S/c1-9(12)6-7-17(14,15)8-10-4-3-5-11(13-10)16-2/h3-5,9H,6-8,12H2,1-2H3. The summed E-state index contributed by atoms with van der Waals surface area (Å²) >= 11 is 0. The fourth-order valence-electron chi connectivity index (χ4n) is 1.31. The first-order valence-corrected chi connectivity index (χ1v) is 7.21. The van der Waals surface area contributed by atoms with E-state index in [1.807, 2.05) is 0 Å². The van der Waals surface area contributed by atoms with Gasteiger partial charge < -0.3 is 10.5 Å². The van der Waals surface area contributed by atoms with E-state index in [0.717, 1.165) is 0 Å². The van der Waals surface area contributed by atoms with Crippen LogP contribution in [0.5, 0.6) is 5.88 Å². The Labute approximate surface area is 102 Å². The van der Waals surface area contributed by atoms with E-state index in [0.29, 0.717) is 18.0 Å². The zero-order chi connectivity index (χ0) is 12.9. The normalized spacial score (nSPS) is 13.4. The van der Waals surface area contributed by atoms with Crippen LogP contribution < -0.4 is 10.5 Å². The summed E-state index contributed by atoms with van der Waals surface area (Å²) in [6.45, 7) is 1.79. The Morgan fingerprint density at radius 3 is 2.76 bits per heavy atom. The average Bonchev–Trinajstić information content (AvgIpc) is 2.26. The third-order valence-electron chi connectivity index (χ3n) is 2.24. The quantitative estimate of drug-likeness (QED) is 0.814. The Balaban J connectivity index is 2.69. The van der Waals surface area contributed by atoms with Crippen molar-refractivity contribution in [1.29, 1.82) is 0 Å². The van der Waals surface area contributed by atoms with Crippen molar-refractivity contribution in [1.82, 2.24) is 4.98 Å². The molecule has 1 aromatic rings. The molecule has 17 heavy (non-hydrogen) atoms. The smallest absolute Gasteiger partial charge is 0.213 e. The van der Waals surface area contributed by atoms with Crippen molar-refractivity contribution in [3.05, 3.63) is 23.9 Å². The molecule has 1 heterocycles. The Hall–Kier alpha value is -1.14. The molecule has 0 amide bonds. The molecular weight excluding hydrogens is 240 g/mol. The zero-order valence-corrected chi connectivity index (χ0v) is 10.9. The summed E-state index contributed by atoms with van der Waals surface area (Å²) in [6, 6.07) is 4.97. The van der Waals surface area contributed by atoms with Gasteiger partial charge in [-0.15, -0.1) is 0 Å². The molecule has 1 atom stereocenters. The largest absolute Gasteiger partial charge is 0.481 e. The summed E-state index contributed by atoms with van der Waals surface area (Å²) in [5.41, 5.74) is 6.03. The molecule has 0 aliphatic rings. The van der Waals surface area contributed by atoms with E-state index in [1.54, 1.807) is 25.1 Å². The SMILES string of the molecule is COc1cccc(CS(=O)(=O)CCC(C)N)n1. The van der Waals surface area contributed by atoms with Gasteiger partial charge in [-0.25, -0.2) is 13.4 Å². The highest BCUT2D eigenvalue weighted by atomic mass is 32.2. The van der Waals surface area contributed by atoms with Crippen LogP contribution in [0.3, 0.4) is 0 Å². The van der Waals surface area contributed by atoms with Crippen LogP contribution in [0.25, 0.3) is 0 Å². The lowest BCUT2D eigenvalue weighted by Crippen LogP contribution is -2.21. The van der Waals surface area contributed by atoms with Crippen molar-refractivity contribution in [3.8, 4) is 5.88 Å². The number of hydrogen-bond acceptors (Lipinski definition) is 5. The molecular formula is C11H18N2O3S. The summed E-state index contributed by atoms with van der Waals surface area (Å²) < 4.78 is 28.5. The van der Waals surface area contributed by atoms with Gasteiger partial charge in [-0.1, -0.05) is 6.07 Å². The summed E-state index contributed by atoms with van der Waals surface area (Å²) in [4.78, 5) is 4.07. The number of pyridine rings is 1. The molecule has 0 aliphatic heterocycles. The molecule has 2 N–H and O–H groups in total. The first-order valence-electron chi connectivity index (χ1n) is 5.39. The van der Waals surface area contributed by atoms with Crippen LogP contribution in [-0.4, -0.2) is 32.3 Å². The minimum atomic E-state index is -3.15. The van der Waals surface area contributed by atoms with E-state index in [9.17, 15) is 8.42 Å². The lowest BCUT2D eigenvalue weighted by molar-refractivity contribution is 0.396. The molecule has 0 spiro atoms. The van der Waals surface area contributed by atoms with E-state index >= 15 is 0 Å². The molecule has 0 fully saturated rings. The van der Waals surface area contributed by atoms with Crippen LogP contribution in [0.1, 0.15) is 19.0 Å². The fraction of sp³-hybridized carbons (Fsp3) is 0.545. The third kappa shape index (κ3) is 5.14. The third-order valence-corrected chi connectivity index (χ3v) is 3.84. The van der Waals surface area contributed by atoms with Gasteiger partial charge >= 0.3 is 0 Å². The molecule has 0 bridgehead atoms. The van der Waals surface area contributed by atoms with E-state index in [4.69, 9.17) is 10.5 Å². The van der Waals surface area contributed by atoms with Crippen molar-refractivity contribution < 1.29 is 13.2 Å². The lowest BCUT2D eigenvalue weighted by atomic mass is 10.3. The van der Waals surface area contributed by atoms with E-state index in [1.165, 1.54) is 7.11 Å². The maximum atomic E-state index is 11.8. The second kappa shape index (κ2) is 5.97. The number of rotatable bonds is 6. The molecule has 6 heteroatoms. The fourth-order valence-corrected chi connectivity index (χ4v) is 2.80.